The molecule has 5 nitrogen and oxygen atoms in total. The Morgan fingerprint density at radius 1 is 1.15 bits per heavy atom. The molecule has 0 saturated heterocycles. The van der Waals surface area contributed by atoms with E-state index in [0.29, 0.717) is 0 Å². The van der Waals surface area contributed by atoms with E-state index in [1.807, 2.05) is 18.2 Å². The Morgan fingerprint density at radius 2 is 1.88 bits per heavy atom. The van der Waals surface area contributed by atoms with Crippen molar-refractivity contribution in [3.8, 4) is 0 Å². The number of anilines is 1. The van der Waals surface area contributed by atoms with E-state index in [1.54, 1.807) is 23.5 Å². The molecular formula is C20H17N3O2S. The molecule has 0 amide bonds. The summed E-state index contributed by atoms with van der Waals surface area (Å²) in [7, 11) is 0. The first-order valence-corrected chi connectivity index (χ1v) is 9.21. The summed E-state index contributed by atoms with van der Waals surface area (Å²) >= 11 is 1.74. The zero-order valence-electron chi connectivity index (χ0n) is 14.2. The summed E-state index contributed by atoms with van der Waals surface area (Å²) in [5.41, 5.74) is 4.25. The quantitative estimate of drug-likeness (QED) is 0.465. The number of hydrogen-bond donors (Lipinski definition) is 0. The van der Waals surface area contributed by atoms with Gasteiger partial charge in [0, 0.05) is 23.4 Å². The van der Waals surface area contributed by atoms with Gasteiger partial charge in [-0.2, -0.15) is 5.10 Å². The number of hydrogen-bond acceptors (Lipinski definition) is 5. The molecule has 6 heteroatoms. The average Bonchev–Trinajstić information content (AvgIpc) is 3.29. The van der Waals surface area contributed by atoms with Gasteiger partial charge >= 0.3 is 0 Å². The Bertz CT molecular complexity index is 964. The maximum atomic E-state index is 10.9. The molecule has 4 rings (SSSR count). The molecule has 1 aromatic heterocycles. The van der Waals surface area contributed by atoms with E-state index in [2.05, 4.69) is 35.5 Å². The van der Waals surface area contributed by atoms with Gasteiger partial charge in [-0.05, 0) is 53.8 Å². The van der Waals surface area contributed by atoms with Gasteiger partial charge in [-0.1, -0.05) is 18.2 Å². The third-order valence-electron chi connectivity index (χ3n) is 4.48. The number of rotatable bonds is 4. The highest BCUT2D eigenvalue weighted by Crippen LogP contribution is 2.38. The summed E-state index contributed by atoms with van der Waals surface area (Å²) in [5, 5.41) is 20.0. The third kappa shape index (κ3) is 3.11. The molecule has 0 radical (unpaired) electrons. The van der Waals surface area contributed by atoms with Crippen LogP contribution in [0.4, 0.5) is 11.4 Å². The van der Waals surface area contributed by atoms with Crippen LogP contribution in [0.2, 0.25) is 0 Å². The standard InChI is InChI=1S/C20H17N3O2S/c1-14-11-16(13-26-14)20-12-19(15-7-9-18(10-8-15)23(24)25)21-22(20)17-5-3-2-4-6-17/h2-11,13,20H,12H2,1H3/t20-/m0/s1. The van der Waals surface area contributed by atoms with Gasteiger partial charge in [0.2, 0.25) is 0 Å². The van der Waals surface area contributed by atoms with Crippen molar-refractivity contribution in [3.63, 3.8) is 0 Å². The molecule has 130 valence electrons. The molecule has 0 spiro atoms. The fraction of sp³-hybridized carbons (Fsp3) is 0.150. The summed E-state index contributed by atoms with van der Waals surface area (Å²) in [6, 6.07) is 19.1. The topological polar surface area (TPSA) is 58.7 Å². The van der Waals surface area contributed by atoms with E-state index in [-0.39, 0.29) is 16.7 Å². The van der Waals surface area contributed by atoms with Crippen LogP contribution in [0.25, 0.3) is 0 Å². The number of benzene rings is 2. The van der Waals surface area contributed by atoms with Crippen LogP contribution in [0.3, 0.4) is 0 Å². The summed E-state index contributed by atoms with van der Waals surface area (Å²) in [6.45, 7) is 2.11. The molecule has 2 aromatic carbocycles. The Labute approximate surface area is 155 Å². The molecule has 0 fully saturated rings. The van der Waals surface area contributed by atoms with Gasteiger partial charge < -0.3 is 0 Å². The maximum Gasteiger partial charge on any atom is 0.269 e. The number of nitro benzene ring substituents is 1. The molecule has 26 heavy (non-hydrogen) atoms. The van der Waals surface area contributed by atoms with Crippen LogP contribution in [0.1, 0.15) is 28.5 Å². The highest BCUT2D eigenvalue weighted by Gasteiger charge is 2.30. The summed E-state index contributed by atoms with van der Waals surface area (Å²) in [4.78, 5) is 11.8. The number of aryl methyl sites for hydroxylation is 1. The zero-order chi connectivity index (χ0) is 18.1. The SMILES string of the molecule is Cc1cc([C@@H]2CC(c3ccc([N+](=O)[O-])cc3)=NN2c2ccccc2)cs1. The molecule has 2 heterocycles. The fourth-order valence-electron chi connectivity index (χ4n) is 3.18. The van der Waals surface area contributed by atoms with Crippen molar-refractivity contribution in [1.29, 1.82) is 0 Å². The van der Waals surface area contributed by atoms with Crippen molar-refractivity contribution >= 4 is 28.4 Å². The van der Waals surface area contributed by atoms with Crippen LogP contribution in [-0.4, -0.2) is 10.6 Å². The minimum atomic E-state index is -0.381. The second kappa shape index (κ2) is 6.72. The van der Waals surface area contributed by atoms with Crippen LogP contribution >= 0.6 is 11.3 Å². The Hall–Kier alpha value is -2.99. The van der Waals surface area contributed by atoms with Crippen molar-refractivity contribution in [2.75, 3.05) is 5.01 Å². The number of thiophene rings is 1. The number of nitrogens with zero attached hydrogens (tertiary/aromatic N) is 3. The van der Waals surface area contributed by atoms with Crippen LogP contribution in [0.5, 0.6) is 0 Å². The lowest BCUT2D eigenvalue weighted by Crippen LogP contribution is -2.17. The van der Waals surface area contributed by atoms with Crippen LogP contribution in [-0.2, 0) is 0 Å². The normalized spacial score (nSPS) is 16.6. The molecule has 0 saturated carbocycles. The Balaban J connectivity index is 1.71. The predicted octanol–water partition coefficient (Wildman–Crippen LogP) is 5.32. The summed E-state index contributed by atoms with van der Waals surface area (Å²) in [5.74, 6) is 0. The number of hydrazone groups is 1. The minimum absolute atomic E-state index is 0.0947. The zero-order valence-corrected chi connectivity index (χ0v) is 15.0. The molecular weight excluding hydrogens is 346 g/mol. The van der Waals surface area contributed by atoms with Crippen LogP contribution in [0.15, 0.2) is 71.1 Å². The lowest BCUT2D eigenvalue weighted by molar-refractivity contribution is -0.384. The smallest absolute Gasteiger partial charge is 0.258 e. The van der Waals surface area contributed by atoms with Gasteiger partial charge in [-0.15, -0.1) is 11.3 Å². The first kappa shape index (κ1) is 16.5. The van der Waals surface area contributed by atoms with Crippen molar-refractivity contribution in [2.45, 2.75) is 19.4 Å². The van der Waals surface area contributed by atoms with Crippen LogP contribution in [0, 0.1) is 17.0 Å². The number of para-hydroxylation sites is 1. The van der Waals surface area contributed by atoms with E-state index in [0.717, 1.165) is 23.4 Å². The monoisotopic (exact) mass is 363 g/mol. The van der Waals surface area contributed by atoms with E-state index < -0.39 is 0 Å². The van der Waals surface area contributed by atoms with Crippen LogP contribution < -0.4 is 5.01 Å². The Morgan fingerprint density at radius 3 is 2.50 bits per heavy atom. The van der Waals surface area contributed by atoms with Crippen molar-refractivity contribution < 1.29 is 4.92 Å². The van der Waals surface area contributed by atoms with E-state index >= 15 is 0 Å². The van der Waals surface area contributed by atoms with Gasteiger partial charge in [0.25, 0.3) is 5.69 Å². The van der Waals surface area contributed by atoms with Crippen molar-refractivity contribution in [3.05, 3.63) is 92.2 Å². The maximum absolute atomic E-state index is 10.9. The highest BCUT2D eigenvalue weighted by molar-refractivity contribution is 7.10. The highest BCUT2D eigenvalue weighted by atomic mass is 32.1. The first-order chi connectivity index (χ1) is 12.6. The molecule has 1 aliphatic heterocycles. The number of nitro groups is 1. The largest absolute Gasteiger partial charge is 0.269 e. The average molecular weight is 363 g/mol. The molecule has 1 atom stereocenters. The van der Waals surface area contributed by atoms with Gasteiger partial charge in [-0.25, -0.2) is 0 Å². The molecule has 0 aliphatic carbocycles. The molecule has 0 unspecified atom stereocenters. The van der Waals surface area contributed by atoms with Gasteiger partial charge in [0.15, 0.2) is 0 Å². The second-order valence-corrected chi connectivity index (χ2v) is 7.36. The Kier molecular flexibility index (Phi) is 4.26. The lowest BCUT2D eigenvalue weighted by atomic mass is 10.00. The van der Waals surface area contributed by atoms with Gasteiger partial charge in [0.05, 0.1) is 22.4 Å². The summed E-state index contributed by atoms with van der Waals surface area (Å²) in [6.07, 6.45) is 0.767. The molecule has 0 N–H and O–H groups in total. The van der Waals surface area contributed by atoms with Crippen molar-refractivity contribution in [1.82, 2.24) is 0 Å². The van der Waals surface area contributed by atoms with Gasteiger partial charge in [0.1, 0.15) is 0 Å². The fourth-order valence-corrected chi connectivity index (χ4v) is 3.93. The predicted molar refractivity (Wildman–Crippen MR) is 105 cm³/mol. The van der Waals surface area contributed by atoms with E-state index in [4.69, 9.17) is 5.10 Å². The molecule has 1 aliphatic rings. The molecule has 0 bridgehead atoms. The van der Waals surface area contributed by atoms with E-state index in [9.17, 15) is 10.1 Å². The van der Waals surface area contributed by atoms with Gasteiger partial charge in [-0.3, -0.25) is 15.1 Å². The third-order valence-corrected chi connectivity index (χ3v) is 5.36. The summed E-state index contributed by atoms with van der Waals surface area (Å²) < 4.78 is 0. The lowest BCUT2D eigenvalue weighted by Gasteiger charge is -2.22. The first-order valence-electron chi connectivity index (χ1n) is 8.33. The molecule has 3 aromatic rings. The second-order valence-electron chi connectivity index (χ2n) is 6.24. The van der Waals surface area contributed by atoms with E-state index in [1.165, 1.54) is 22.6 Å². The number of non-ortho nitro benzene ring substituents is 1. The van der Waals surface area contributed by atoms with Crippen molar-refractivity contribution in [2.24, 2.45) is 5.10 Å². The minimum Gasteiger partial charge on any atom is -0.258 e.